The zero-order valence-corrected chi connectivity index (χ0v) is 7.97. The predicted octanol–water partition coefficient (Wildman–Crippen LogP) is 1.05. The second-order valence-corrected chi connectivity index (χ2v) is 3.31. The maximum atomic E-state index is 12.9. The summed E-state index contributed by atoms with van der Waals surface area (Å²) in [7, 11) is 0. The first-order valence-electron chi connectivity index (χ1n) is 4.04. The molecule has 1 aliphatic heterocycles. The van der Waals surface area contributed by atoms with Gasteiger partial charge in [0.15, 0.2) is 5.11 Å². The van der Waals surface area contributed by atoms with E-state index in [1.807, 2.05) is 0 Å². The van der Waals surface area contributed by atoms with Crippen LogP contribution in [0.4, 0.5) is 10.1 Å². The van der Waals surface area contributed by atoms with Gasteiger partial charge in [0.05, 0.1) is 0 Å². The number of hydrogen-bond acceptors (Lipinski definition) is 2. The zero-order valence-electron chi connectivity index (χ0n) is 7.16. The van der Waals surface area contributed by atoms with Crippen LogP contribution in [-0.2, 0) is 4.79 Å². The first-order chi connectivity index (χ1) is 6.66. The molecule has 2 rings (SSSR count). The number of carbonyl (C=O) groups is 1. The average Bonchev–Trinajstić information content (AvgIpc) is 2.45. The Morgan fingerprint density at radius 3 is 2.86 bits per heavy atom. The van der Waals surface area contributed by atoms with Crippen molar-refractivity contribution < 1.29 is 9.18 Å². The van der Waals surface area contributed by atoms with Crippen LogP contribution in [0.2, 0.25) is 0 Å². The molecule has 1 fully saturated rings. The summed E-state index contributed by atoms with van der Waals surface area (Å²) in [5.41, 5.74) is 0.591. The van der Waals surface area contributed by atoms with Crippen molar-refractivity contribution in [2.24, 2.45) is 0 Å². The highest BCUT2D eigenvalue weighted by Gasteiger charge is 2.24. The molecule has 1 aromatic carbocycles. The Morgan fingerprint density at radius 1 is 1.50 bits per heavy atom. The van der Waals surface area contributed by atoms with E-state index in [1.165, 1.54) is 12.1 Å². The van der Waals surface area contributed by atoms with Crippen LogP contribution in [-0.4, -0.2) is 17.6 Å². The van der Waals surface area contributed by atoms with Gasteiger partial charge in [-0.3, -0.25) is 4.79 Å². The molecule has 1 saturated heterocycles. The third kappa shape index (κ3) is 1.58. The van der Waals surface area contributed by atoms with Gasteiger partial charge in [0.1, 0.15) is 12.4 Å². The van der Waals surface area contributed by atoms with E-state index in [0.29, 0.717) is 10.8 Å². The Bertz CT molecular complexity index is 408. The van der Waals surface area contributed by atoms with E-state index in [9.17, 15) is 9.18 Å². The van der Waals surface area contributed by atoms with Crippen molar-refractivity contribution in [2.45, 2.75) is 0 Å². The van der Waals surface area contributed by atoms with E-state index in [1.54, 1.807) is 17.0 Å². The Balaban J connectivity index is 2.31. The summed E-state index contributed by atoms with van der Waals surface area (Å²) in [6, 6.07) is 5.97. The van der Waals surface area contributed by atoms with Gasteiger partial charge < -0.3 is 10.2 Å². The topological polar surface area (TPSA) is 32.3 Å². The lowest BCUT2D eigenvalue weighted by molar-refractivity contribution is -0.117. The maximum absolute atomic E-state index is 12.9. The van der Waals surface area contributed by atoms with Crippen LogP contribution in [0.1, 0.15) is 0 Å². The number of amides is 1. The summed E-state index contributed by atoms with van der Waals surface area (Å²) in [6.07, 6.45) is 0. The van der Waals surface area contributed by atoms with Gasteiger partial charge in [0.2, 0.25) is 5.91 Å². The molecule has 3 nitrogen and oxygen atoms in total. The van der Waals surface area contributed by atoms with Gasteiger partial charge in [-0.05, 0) is 30.4 Å². The number of hydrogen-bond donors (Lipinski definition) is 1. The minimum Gasteiger partial charge on any atom is -0.309 e. The first kappa shape index (κ1) is 9.08. The Kier molecular flexibility index (Phi) is 2.17. The molecule has 1 N–H and O–H groups in total. The second-order valence-electron chi connectivity index (χ2n) is 2.92. The largest absolute Gasteiger partial charge is 0.309 e. The molecule has 0 unspecified atom stereocenters. The molecule has 0 aromatic heterocycles. The molecule has 1 amide bonds. The zero-order chi connectivity index (χ0) is 10.1. The fourth-order valence-corrected chi connectivity index (χ4v) is 1.58. The van der Waals surface area contributed by atoms with Crippen molar-refractivity contribution in [3.8, 4) is 0 Å². The summed E-state index contributed by atoms with van der Waals surface area (Å²) < 4.78 is 12.9. The first-order valence-corrected chi connectivity index (χ1v) is 4.44. The van der Waals surface area contributed by atoms with Crippen molar-refractivity contribution in [3.05, 3.63) is 30.1 Å². The van der Waals surface area contributed by atoms with Crippen LogP contribution in [0, 0.1) is 5.82 Å². The molecule has 0 saturated carbocycles. The average molecular weight is 210 g/mol. The Labute approximate surface area is 85.5 Å². The van der Waals surface area contributed by atoms with Gasteiger partial charge in [0.25, 0.3) is 0 Å². The molecular weight excluding hydrogens is 203 g/mol. The van der Waals surface area contributed by atoms with Gasteiger partial charge in [-0.1, -0.05) is 6.07 Å². The smallest absolute Gasteiger partial charge is 0.246 e. The van der Waals surface area contributed by atoms with E-state index in [4.69, 9.17) is 12.2 Å². The highest BCUT2D eigenvalue weighted by molar-refractivity contribution is 7.80. The molecule has 5 heteroatoms. The number of anilines is 1. The van der Waals surface area contributed by atoms with E-state index in [0.717, 1.165) is 0 Å². The summed E-state index contributed by atoms with van der Waals surface area (Å²) in [4.78, 5) is 12.5. The molecular formula is C9H7FN2OS. The normalized spacial score (nSPS) is 15.9. The van der Waals surface area contributed by atoms with Crippen molar-refractivity contribution in [2.75, 3.05) is 11.4 Å². The van der Waals surface area contributed by atoms with Crippen molar-refractivity contribution in [3.63, 3.8) is 0 Å². The third-order valence-electron chi connectivity index (χ3n) is 1.91. The summed E-state index contributed by atoms with van der Waals surface area (Å²) in [6.45, 7) is 0.155. The van der Waals surface area contributed by atoms with Gasteiger partial charge >= 0.3 is 0 Å². The lowest BCUT2D eigenvalue weighted by Gasteiger charge is -2.14. The number of benzene rings is 1. The number of halogens is 1. The number of nitrogens with zero attached hydrogens (tertiary/aromatic N) is 1. The molecule has 0 aliphatic carbocycles. The minimum atomic E-state index is -0.343. The molecule has 1 aliphatic rings. The highest BCUT2D eigenvalue weighted by atomic mass is 32.1. The van der Waals surface area contributed by atoms with Crippen LogP contribution >= 0.6 is 12.2 Å². The molecule has 14 heavy (non-hydrogen) atoms. The second kappa shape index (κ2) is 3.34. The van der Waals surface area contributed by atoms with E-state index in [2.05, 4.69) is 5.32 Å². The van der Waals surface area contributed by atoms with Crippen LogP contribution in [0.25, 0.3) is 0 Å². The molecule has 0 spiro atoms. The SMILES string of the molecule is O=C1CN(c2cccc(F)c2)C(=S)N1. The number of carbonyl (C=O) groups excluding carboxylic acids is 1. The summed E-state index contributed by atoms with van der Waals surface area (Å²) in [5.74, 6) is -0.510. The van der Waals surface area contributed by atoms with Crippen LogP contribution in [0.5, 0.6) is 0 Å². The van der Waals surface area contributed by atoms with Gasteiger partial charge in [-0.15, -0.1) is 0 Å². The molecule has 1 heterocycles. The quantitative estimate of drug-likeness (QED) is 0.703. The maximum Gasteiger partial charge on any atom is 0.246 e. The molecule has 1 aromatic rings. The minimum absolute atomic E-state index is 0.155. The Hall–Kier alpha value is -1.49. The van der Waals surface area contributed by atoms with Crippen molar-refractivity contribution in [1.82, 2.24) is 5.32 Å². The van der Waals surface area contributed by atoms with Crippen LogP contribution in [0.15, 0.2) is 24.3 Å². The molecule has 0 atom stereocenters. The van der Waals surface area contributed by atoms with E-state index in [-0.39, 0.29) is 18.3 Å². The number of nitrogens with one attached hydrogen (secondary N) is 1. The van der Waals surface area contributed by atoms with Gasteiger partial charge in [-0.25, -0.2) is 4.39 Å². The molecule has 0 bridgehead atoms. The third-order valence-corrected chi connectivity index (χ3v) is 2.24. The summed E-state index contributed by atoms with van der Waals surface area (Å²) >= 11 is 4.91. The molecule has 0 radical (unpaired) electrons. The number of rotatable bonds is 1. The predicted molar refractivity (Wildman–Crippen MR) is 54.5 cm³/mol. The number of thiocarbonyl (C=S) groups is 1. The van der Waals surface area contributed by atoms with Crippen LogP contribution < -0.4 is 10.2 Å². The lowest BCUT2D eigenvalue weighted by Crippen LogP contribution is -2.27. The van der Waals surface area contributed by atoms with Crippen molar-refractivity contribution in [1.29, 1.82) is 0 Å². The Morgan fingerprint density at radius 2 is 2.29 bits per heavy atom. The fourth-order valence-electron chi connectivity index (χ4n) is 1.29. The van der Waals surface area contributed by atoms with Gasteiger partial charge in [-0.2, -0.15) is 0 Å². The van der Waals surface area contributed by atoms with E-state index < -0.39 is 0 Å². The highest BCUT2D eigenvalue weighted by Crippen LogP contribution is 2.17. The molecule has 72 valence electrons. The monoisotopic (exact) mass is 210 g/mol. The lowest BCUT2D eigenvalue weighted by atomic mass is 10.3. The van der Waals surface area contributed by atoms with Gasteiger partial charge in [0, 0.05) is 5.69 Å². The fraction of sp³-hybridized carbons (Fsp3) is 0.111. The van der Waals surface area contributed by atoms with Crippen LogP contribution in [0.3, 0.4) is 0 Å². The van der Waals surface area contributed by atoms with E-state index >= 15 is 0 Å². The van der Waals surface area contributed by atoms with Crippen molar-refractivity contribution >= 4 is 28.9 Å². The standard InChI is InChI=1S/C9H7FN2OS/c10-6-2-1-3-7(4-6)12-5-8(13)11-9(12)14/h1-4H,5H2,(H,11,13,14). The summed E-state index contributed by atoms with van der Waals surface area (Å²) in [5, 5.41) is 2.80.